The molecule has 152 valence electrons. The average molecular weight is 398 g/mol. The van der Waals surface area contributed by atoms with Gasteiger partial charge >= 0.3 is 0 Å². The van der Waals surface area contributed by atoms with Gasteiger partial charge in [-0.05, 0) is 36.4 Å². The van der Waals surface area contributed by atoms with Crippen LogP contribution in [0.5, 0.6) is 0 Å². The van der Waals surface area contributed by atoms with Gasteiger partial charge in [0, 0.05) is 56.6 Å². The number of aromatic nitrogens is 1. The number of halogens is 2. The van der Waals surface area contributed by atoms with Crippen LogP contribution in [0.15, 0.2) is 59.1 Å². The molecule has 5 nitrogen and oxygen atoms in total. The maximum atomic E-state index is 13.8. The Balaban J connectivity index is 1.18. The fraction of sp³-hybridized carbons (Fsp3) is 0.318. The minimum atomic E-state index is -0.305. The van der Waals surface area contributed by atoms with Gasteiger partial charge in [-0.2, -0.15) is 0 Å². The molecule has 0 amide bonds. The van der Waals surface area contributed by atoms with Crippen molar-refractivity contribution in [3.05, 3.63) is 72.0 Å². The largest absolute Gasteiger partial charge is 0.369 e. The third-order valence-corrected chi connectivity index (χ3v) is 5.18. The second kappa shape index (κ2) is 9.15. The van der Waals surface area contributed by atoms with Crippen LogP contribution >= 0.6 is 0 Å². The van der Waals surface area contributed by atoms with Crippen LogP contribution in [0.2, 0.25) is 0 Å². The molecule has 4 rings (SSSR count). The molecule has 0 aliphatic carbocycles. The number of nitrogens with one attached hydrogen (secondary N) is 1. The molecule has 3 aromatic rings. The van der Waals surface area contributed by atoms with Gasteiger partial charge < -0.3 is 14.7 Å². The molecule has 0 unspecified atom stereocenters. The number of hydrogen-bond donors (Lipinski definition) is 1. The first kappa shape index (κ1) is 19.5. The van der Waals surface area contributed by atoms with Gasteiger partial charge in [0.1, 0.15) is 17.3 Å². The second-order valence-electron chi connectivity index (χ2n) is 7.14. The van der Waals surface area contributed by atoms with Gasteiger partial charge in [-0.3, -0.25) is 4.90 Å². The van der Waals surface area contributed by atoms with E-state index in [0.29, 0.717) is 23.6 Å². The van der Waals surface area contributed by atoms with Crippen molar-refractivity contribution >= 4 is 5.69 Å². The zero-order chi connectivity index (χ0) is 20.1. The molecular formula is C22H24F2N4O. The fourth-order valence-electron chi connectivity index (χ4n) is 3.52. The maximum absolute atomic E-state index is 13.8. The molecular weight excluding hydrogens is 374 g/mol. The average Bonchev–Trinajstić information content (AvgIpc) is 3.21. The van der Waals surface area contributed by atoms with Crippen LogP contribution in [0.4, 0.5) is 14.5 Å². The third kappa shape index (κ3) is 4.99. The zero-order valence-electron chi connectivity index (χ0n) is 16.2. The van der Waals surface area contributed by atoms with Crippen molar-refractivity contribution in [2.24, 2.45) is 0 Å². The van der Waals surface area contributed by atoms with E-state index in [1.807, 2.05) is 12.1 Å². The molecule has 0 saturated carbocycles. The van der Waals surface area contributed by atoms with E-state index in [1.54, 1.807) is 24.3 Å². The topological polar surface area (TPSA) is 44.5 Å². The number of hydrogen-bond acceptors (Lipinski definition) is 5. The summed E-state index contributed by atoms with van der Waals surface area (Å²) in [7, 11) is 0. The Labute approximate surface area is 168 Å². The summed E-state index contributed by atoms with van der Waals surface area (Å²) < 4.78 is 32.2. The number of benzene rings is 2. The van der Waals surface area contributed by atoms with Crippen molar-refractivity contribution in [2.75, 3.05) is 44.2 Å². The smallest absolute Gasteiger partial charge is 0.151 e. The van der Waals surface area contributed by atoms with E-state index in [2.05, 4.69) is 20.3 Å². The van der Waals surface area contributed by atoms with Crippen molar-refractivity contribution in [1.29, 1.82) is 0 Å². The standard InChI is InChI=1S/C22H24F2N4O/c23-17-5-7-18(8-6-17)28-13-11-27(12-14-28)10-9-25-16-19-15-22(26-29-19)20-3-1-2-4-21(20)24/h1-8,15,25H,9-14,16H2. The van der Waals surface area contributed by atoms with Crippen LogP contribution < -0.4 is 10.2 Å². The summed E-state index contributed by atoms with van der Waals surface area (Å²) in [5, 5.41) is 7.32. The lowest BCUT2D eigenvalue weighted by Crippen LogP contribution is -2.48. The lowest BCUT2D eigenvalue weighted by atomic mass is 10.1. The first-order valence-corrected chi connectivity index (χ1v) is 9.83. The first-order valence-electron chi connectivity index (χ1n) is 9.83. The zero-order valence-corrected chi connectivity index (χ0v) is 16.2. The van der Waals surface area contributed by atoms with E-state index in [0.717, 1.165) is 45.0 Å². The Morgan fingerprint density at radius 3 is 2.48 bits per heavy atom. The Kier molecular flexibility index (Phi) is 6.17. The van der Waals surface area contributed by atoms with E-state index in [4.69, 9.17) is 4.52 Å². The Bertz CT molecular complexity index is 921. The van der Waals surface area contributed by atoms with Gasteiger partial charge in [-0.25, -0.2) is 8.78 Å². The summed E-state index contributed by atoms with van der Waals surface area (Å²) in [4.78, 5) is 4.68. The first-order chi connectivity index (χ1) is 14.2. The lowest BCUT2D eigenvalue weighted by Gasteiger charge is -2.36. The van der Waals surface area contributed by atoms with Crippen LogP contribution in [0.25, 0.3) is 11.3 Å². The Morgan fingerprint density at radius 1 is 0.966 bits per heavy atom. The molecule has 7 heteroatoms. The van der Waals surface area contributed by atoms with Gasteiger partial charge in [-0.15, -0.1) is 0 Å². The molecule has 2 aromatic carbocycles. The molecule has 1 aliphatic rings. The monoisotopic (exact) mass is 398 g/mol. The highest BCUT2D eigenvalue weighted by Gasteiger charge is 2.17. The van der Waals surface area contributed by atoms with E-state index >= 15 is 0 Å². The molecule has 1 saturated heterocycles. The highest BCUT2D eigenvalue weighted by molar-refractivity contribution is 5.59. The van der Waals surface area contributed by atoms with Crippen LogP contribution in [0.3, 0.4) is 0 Å². The number of piperazine rings is 1. The lowest BCUT2D eigenvalue weighted by molar-refractivity contribution is 0.255. The van der Waals surface area contributed by atoms with Crippen LogP contribution in [0, 0.1) is 11.6 Å². The highest BCUT2D eigenvalue weighted by Crippen LogP contribution is 2.22. The normalized spacial score (nSPS) is 15.0. The predicted octanol–water partition coefficient (Wildman–Crippen LogP) is 3.53. The summed E-state index contributed by atoms with van der Waals surface area (Å²) in [6.07, 6.45) is 0. The van der Waals surface area contributed by atoms with Gasteiger partial charge in [0.15, 0.2) is 5.76 Å². The Hall–Kier alpha value is -2.77. The molecule has 0 atom stereocenters. The summed E-state index contributed by atoms with van der Waals surface area (Å²) in [6, 6.07) is 15.0. The summed E-state index contributed by atoms with van der Waals surface area (Å²) in [6.45, 7) is 6.12. The van der Waals surface area contributed by atoms with Crippen LogP contribution in [-0.4, -0.2) is 49.3 Å². The minimum absolute atomic E-state index is 0.203. The van der Waals surface area contributed by atoms with Crippen molar-refractivity contribution in [3.8, 4) is 11.3 Å². The second-order valence-corrected chi connectivity index (χ2v) is 7.14. The molecule has 1 aromatic heterocycles. The summed E-state index contributed by atoms with van der Waals surface area (Å²) in [5.41, 5.74) is 2.03. The SMILES string of the molecule is Fc1ccc(N2CCN(CCNCc3cc(-c4ccccc4F)no3)CC2)cc1. The number of rotatable bonds is 7. The van der Waals surface area contributed by atoms with E-state index < -0.39 is 0 Å². The highest BCUT2D eigenvalue weighted by atomic mass is 19.1. The molecule has 29 heavy (non-hydrogen) atoms. The molecule has 1 aliphatic heterocycles. The molecule has 1 N–H and O–H groups in total. The van der Waals surface area contributed by atoms with E-state index in [-0.39, 0.29) is 11.6 Å². The van der Waals surface area contributed by atoms with Gasteiger partial charge in [0.25, 0.3) is 0 Å². The fourth-order valence-corrected chi connectivity index (χ4v) is 3.52. The third-order valence-electron chi connectivity index (χ3n) is 5.18. The number of anilines is 1. The Morgan fingerprint density at radius 2 is 1.72 bits per heavy atom. The molecule has 0 spiro atoms. The quantitative estimate of drug-likeness (QED) is 0.617. The van der Waals surface area contributed by atoms with Crippen molar-refractivity contribution in [2.45, 2.75) is 6.54 Å². The predicted molar refractivity (Wildman–Crippen MR) is 109 cm³/mol. The van der Waals surface area contributed by atoms with Gasteiger partial charge in [0.05, 0.1) is 6.54 Å². The van der Waals surface area contributed by atoms with Gasteiger partial charge in [0.2, 0.25) is 0 Å². The van der Waals surface area contributed by atoms with Crippen molar-refractivity contribution in [1.82, 2.24) is 15.4 Å². The molecule has 0 radical (unpaired) electrons. The molecule has 0 bridgehead atoms. The molecule has 2 heterocycles. The summed E-state index contributed by atoms with van der Waals surface area (Å²) in [5.74, 6) is 0.177. The molecule has 1 fully saturated rings. The van der Waals surface area contributed by atoms with Crippen LogP contribution in [0.1, 0.15) is 5.76 Å². The van der Waals surface area contributed by atoms with Crippen molar-refractivity contribution in [3.63, 3.8) is 0 Å². The minimum Gasteiger partial charge on any atom is -0.369 e. The van der Waals surface area contributed by atoms with E-state index in [9.17, 15) is 8.78 Å². The van der Waals surface area contributed by atoms with Gasteiger partial charge in [-0.1, -0.05) is 17.3 Å². The van der Waals surface area contributed by atoms with Crippen molar-refractivity contribution < 1.29 is 13.3 Å². The van der Waals surface area contributed by atoms with Crippen LogP contribution in [-0.2, 0) is 6.54 Å². The number of nitrogens with zero attached hydrogens (tertiary/aromatic N) is 3. The maximum Gasteiger partial charge on any atom is 0.151 e. The van der Waals surface area contributed by atoms with E-state index in [1.165, 1.54) is 18.2 Å². The summed E-state index contributed by atoms with van der Waals surface area (Å²) >= 11 is 0.